The van der Waals surface area contributed by atoms with Crippen LogP contribution in [0.5, 0.6) is 0 Å². The van der Waals surface area contributed by atoms with Crippen LogP contribution < -0.4 is 0 Å². The van der Waals surface area contributed by atoms with E-state index in [1.165, 1.54) is 0 Å². The van der Waals surface area contributed by atoms with E-state index in [-0.39, 0.29) is 5.91 Å². The summed E-state index contributed by atoms with van der Waals surface area (Å²) in [7, 11) is 0. The van der Waals surface area contributed by atoms with Gasteiger partial charge in [-0.15, -0.1) is 11.3 Å². The molecule has 0 spiro atoms. The highest BCUT2D eigenvalue weighted by molar-refractivity contribution is 7.11. The molecule has 0 bridgehead atoms. The van der Waals surface area contributed by atoms with E-state index in [1.54, 1.807) is 16.2 Å². The molecule has 0 radical (unpaired) electrons. The zero-order chi connectivity index (χ0) is 13.1. The molecule has 2 amide bonds. The quantitative estimate of drug-likeness (QED) is 0.754. The van der Waals surface area contributed by atoms with E-state index in [0.29, 0.717) is 32.6 Å². The number of hydrogen-bond donors (Lipinski definition) is 0. The number of aryl methyl sites for hydroxylation is 2. The molecule has 5 nitrogen and oxygen atoms in total. The van der Waals surface area contributed by atoms with Gasteiger partial charge in [-0.25, -0.2) is 4.98 Å². The molecule has 0 saturated carbocycles. The van der Waals surface area contributed by atoms with E-state index in [9.17, 15) is 9.59 Å². The van der Waals surface area contributed by atoms with Gasteiger partial charge in [-0.3, -0.25) is 9.59 Å². The van der Waals surface area contributed by atoms with Gasteiger partial charge in [0.2, 0.25) is 12.3 Å². The Morgan fingerprint density at radius 1 is 1.33 bits per heavy atom. The Morgan fingerprint density at radius 3 is 2.50 bits per heavy atom. The molecule has 2 rings (SSSR count). The highest BCUT2D eigenvalue weighted by atomic mass is 32.1. The summed E-state index contributed by atoms with van der Waals surface area (Å²) in [5.41, 5.74) is 0.956. The second-order valence-electron chi connectivity index (χ2n) is 4.44. The van der Waals surface area contributed by atoms with Crippen LogP contribution in [0.25, 0.3) is 0 Å². The molecule has 1 saturated heterocycles. The summed E-state index contributed by atoms with van der Waals surface area (Å²) >= 11 is 1.59. The largest absolute Gasteiger partial charge is 0.342 e. The highest BCUT2D eigenvalue weighted by Crippen LogP contribution is 2.18. The third-order valence-electron chi connectivity index (χ3n) is 3.13. The molecule has 1 aliphatic rings. The summed E-state index contributed by atoms with van der Waals surface area (Å²) in [5, 5.41) is 1.00. The number of hydrogen-bond acceptors (Lipinski definition) is 4. The van der Waals surface area contributed by atoms with Crippen LogP contribution in [0.3, 0.4) is 0 Å². The van der Waals surface area contributed by atoms with Crippen molar-refractivity contribution in [3.63, 3.8) is 0 Å². The van der Waals surface area contributed by atoms with Crippen molar-refractivity contribution >= 4 is 23.7 Å². The SMILES string of the molecule is Cc1nc(C)c(CC(=O)N2CCN(C=O)CC2)s1. The van der Waals surface area contributed by atoms with Crippen LogP contribution in [0.4, 0.5) is 0 Å². The van der Waals surface area contributed by atoms with E-state index < -0.39 is 0 Å². The first-order valence-electron chi connectivity index (χ1n) is 6.00. The number of aromatic nitrogens is 1. The first-order valence-corrected chi connectivity index (χ1v) is 6.82. The maximum absolute atomic E-state index is 12.1. The summed E-state index contributed by atoms with van der Waals surface area (Å²) in [6.07, 6.45) is 1.27. The minimum atomic E-state index is 0.132. The third-order valence-corrected chi connectivity index (χ3v) is 4.20. The Hall–Kier alpha value is -1.43. The summed E-state index contributed by atoms with van der Waals surface area (Å²) < 4.78 is 0. The van der Waals surface area contributed by atoms with Crippen LogP contribution in [0.2, 0.25) is 0 Å². The van der Waals surface area contributed by atoms with Crippen LogP contribution in [-0.4, -0.2) is 53.3 Å². The van der Waals surface area contributed by atoms with Crippen LogP contribution in [0.15, 0.2) is 0 Å². The number of amides is 2. The van der Waals surface area contributed by atoms with Crippen molar-refractivity contribution in [2.45, 2.75) is 20.3 Å². The number of thiazole rings is 1. The number of rotatable bonds is 3. The van der Waals surface area contributed by atoms with Crippen LogP contribution in [0, 0.1) is 13.8 Å². The highest BCUT2D eigenvalue weighted by Gasteiger charge is 2.21. The predicted molar refractivity (Wildman–Crippen MR) is 69.5 cm³/mol. The second-order valence-corrected chi connectivity index (χ2v) is 5.73. The van der Waals surface area contributed by atoms with E-state index >= 15 is 0 Å². The number of carbonyl (C=O) groups is 2. The normalized spacial score (nSPS) is 15.9. The Bertz CT molecular complexity index is 450. The van der Waals surface area contributed by atoms with Crippen LogP contribution in [-0.2, 0) is 16.0 Å². The minimum absolute atomic E-state index is 0.132. The number of nitrogens with zero attached hydrogens (tertiary/aromatic N) is 3. The molecule has 6 heteroatoms. The molecule has 1 aromatic heterocycles. The maximum Gasteiger partial charge on any atom is 0.228 e. The molecular weight excluding hydrogens is 250 g/mol. The Labute approximate surface area is 110 Å². The molecule has 2 heterocycles. The molecule has 18 heavy (non-hydrogen) atoms. The molecule has 0 atom stereocenters. The van der Waals surface area contributed by atoms with Crippen molar-refractivity contribution in [1.29, 1.82) is 0 Å². The van der Waals surface area contributed by atoms with Gasteiger partial charge < -0.3 is 9.80 Å². The third kappa shape index (κ3) is 2.87. The van der Waals surface area contributed by atoms with Gasteiger partial charge in [0.1, 0.15) is 0 Å². The van der Waals surface area contributed by atoms with E-state index in [0.717, 1.165) is 22.0 Å². The summed E-state index contributed by atoms with van der Waals surface area (Å²) in [4.78, 5) is 31.6. The van der Waals surface area contributed by atoms with Gasteiger partial charge in [0.15, 0.2) is 0 Å². The summed E-state index contributed by atoms with van der Waals surface area (Å²) in [5.74, 6) is 0.132. The average molecular weight is 267 g/mol. The Balaban J connectivity index is 1.93. The second kappa shape index (κ2) is 5.48. The van der Waals surface area contributed by atoms with Gasteiger partial charge in [-0.05, 0) is 13.8 Å². The van der Waals surface area contributed by atoms with Gasteiger partial charge in [-0.2, -0.15) is 0 Å². The lowest BCUT2D eigenvalue weighted by atomic mass is 10.2. The Kier molecular flexibility index (Phi) is 3.96. The van der Waals surface area contributed by atoms with Gasteiger partial charge in [-0.1, -0.05) is 0 Å². The van der Waals surface area contributed by atoms with E-state index in [2.05, 4.69) is 4.98 Å². The predicted octanol–water partition coefficient (Wildman–Crippen LogP) is 0.603. The molecule has 0 N–H and O–H groups in total. The molecule has 0 unspecified atom stereocenters. The standard InChI is InChI=1S/C12H17N3O2S/c1-9-11(18-10(2)13-9)7-12(17)15-5-3-14(8-16)4-6-15/h8H,3-7H2,1-2H3. The van der Waals surface area contributed by atoms with Crippen molar-refractivity contribution in [3.05, 3.63) is 15.6 Å². The molecule has 0 aliphatic carbocycles. The van der Waals surface area contributed by atoms with Crippen LogP contribution in [0.1, 0.15) is 15.6 Å². The summed E-state index contributed by atoms with van der Waals surface area (Å²) in [6.45, 7) is 6.43. The summed E-state index contributed by atoms with van der Waals surface area (Å²) in [6, 6.07) is 0. The van der Waals surface area contributed by atoms with Crippen molar-refractivity contribution in [3.8, 4) is 0 Å². The maximum atomic E-state index is 12.1. The average Bonchev–Trinajstić information content (AvgIpc) is 2.68. The smallest absolute Gasteiger partial charge is 0.228 e. The molecular formula is C12H17N3O2S. The van der Waals surface area contributed by atoms with Crippen LogP contribution >= 0.6 is 11.3 Å². The fourth-order valence-corrected chi connectivity index (χ4v) is 2.99. The topological polar surface area (TPSA) is 53.5 Å². The van der Waals surface area contributed by atoms with Crippen molar-refractivity contribution < 1.29 is 9.59 Å². The lowest BCUT2D eigenvalue weighted by Gasteiger charge is -2.32. The molecule has 1 aromatic rings. The van der Waals surface area contributed by atoms with Gasteiger partial charge in [0.25, 0.3) is 0 Å². The zero-order valence-electron chi connectivity index (χ0n) is 10.7. The monoisotopic (exact) mass is 267 g/mol. The number of piperazine rings is 1. The number of carbonyl (C=O) groups excluding carboxylic acids is 2. The van der Waals surface area contributed by atoms with Gasteiger partial charge >= 0.3 is 0 Å². The van der Waals surface area contributed by atoms with Crippen molar-refractivity contribution in [1.82, 2.24) is 14.8 Å². The van der Waals surface area contributed by atoms with Gasteiger partial charge in [0.05, 0.1) is 17.1 Å². The fourth-order valence-electron chi connectivity index (χ4n) is 2.06. The zero-order valence-corrected chi connectivity index (χ0v) is 11.5. The fraction of sp³-hybridized carbons (Fsp3) is 0.583. The molecule has 0 aromatic carbocycles. The van der Waals surface area contributed by atoms with Crippen molar-refractivity contribution in [2.24, 2.45) is 0 Å². The molecule has 1 aliphatic heterocycles. The Morgan fingerprint density at radius 2 is 2.00 bits per heavy atom. The minimum Gasteiger partial charge on any atom is -0.342 e. The first-order chi connectivity index (χ1) is 8.60. The van der Waals surface area contributed by atoms with Gasteiger partial charge in [0, 0.05) is 31.1 Å². The molecule has 98 valence electrons. The lowest BCUT2D eigenvalue weighted by Crippen LogP contribution is -2.48. The van der Waals surface area contributed by atoms with E-state index in [4.69, 9.17) is 0 Å². The van der Waals surface area contributed by atoms with Crippen molar-refractivity contribution in [2.75, 3.05) is 26.2 Å². The molecule has 1 fully saturated rings. The van der Waals surface area contributed by atoms with E-state index in [1.807, 2.05) is 18.7 Å². The first kappa shape index (κ1) is 13.0. The lowest BCUT2D eigenvalue weighted by molar-refractivity contribution is -0.134.